The minimum Gasteiger partial charge on any atom is -0.539 e. The van der Waals surface area contributed by atoms with Crippen LogP contribution in [-0.2, 0) is 15.3 Å². The molecule has 8 heteroatoms. The van der Waals surface area contributed by atoms with Crippen molar-refractivity contribution in [2.75, 3.05) is 12.3 Å². The highest BCUT2D eigenvalue weighted by Crippen LogP contribution is 2.73. The molecular formula is C18H23N3O4S. The van der Waals surface area contributed by atoms with Crippen LogP contribution in [0.25, 0.3) is 0 Å². The van der Waals surface area contributed by atoms with Crippen molar-refractivity contribution in [2.24, 2.45) is 40.3 Å². The zero-order chi connectivity index (χ0) is 18.7. The molecule has 0 aromatic carbocycles. The van der Waals surface area contributed by atoms with Crippen LogP contribution in [0.3, 0.4) is 0 Å². The molecule has 0 aliphatic heterocycles. The van der Waals surface area contributed by atoms with Crippen LogP contribution in [-0.4, -0.2) is 35.2 Å². The van der Waals surface area contributed by atoms with Gasteiger partial charge in [-0.1, -0.05) is 6.07 Å². The van der Waals surface area contributed by atoms with Crippen molar-refractivity contribution in [3.63, 3.8) is 0 Å². The molecule has 4 fully saturated rings. The van der Waals surface area contributed by atoms with E-state index in [1.54, 1.807) is 0 Å². The normalized spacial score (nSPS) is 30.5. The Bertz CT molecular complexity index is 671. The molecule has 5 rings (SSSR count). The average molecular weight is 377 g/mol. The largest absolute Gasteiger partial charge is 0.539 e. The van der Waals surface area contributed by atoms with Gasteiger partial charge in [0.25, 0.3) is 0 Å². The van der Waals surface area contributed by atoms with Crippen LogP contribution >= 0.6 is 11.8 Å². The highest BCUT2D eigenvalue weighted by molar-refractivity contribution is 7.99. The average Bonchev–Trinajstić information content (AvgIpc) is 2.98. The molecule has 3 atom stereocenters. The third-order valence-electron chi connectivity index (χ3n) is 5.61. The molecule has 0 amide bonds. The minimum absolute atomic E-state index is 0.826. The summed E-state index contributed by atoms with van der Waals surface area (Å²) in [5.41, 5.74) is 7.29. The number of nitrogens with one attached hydrogen (secondary N) is 1. The van der Waals surface area contributed by atoms with Gasteiger partial charge in [0.1, 0.15) is 5.84 Å². The summed E-state index contributed by atoms with van der Waals surface area (Å²) >= 11 is 1.83. The summed E-state index contributed by atoms with van der Waals surface area (Å²) in [5, 5.41) is 16.3. The van der Waals surface area contributed by atoms with Crippen molar-refractivity contribution in [1.29, 1.82) is 0 Å². The van der Waals surface area contributed by atoms with Gasteiger partial charge in [0, 0.05) is 18.7 Å². The van der Waals surface area contributed by atoms with E-state index in [0.29, 0.717) is 0 Å². The highest BCUT2D eigenvalue weighted by atomic mass is 32.2. The summed E-state index contributed by atoms with van der Waals surface area (Å²) < 4.78 is 0. The van der Waals surface area contributed by atoms with Crippen LogP contribution < -0.4 is 15.8 Å². The Labute approximate surface area is 156 Å². The summed E-state index contributed by atoms with van der Waals surface area (Å²) in [5.74, 6) is 3.69. The van der Waals surface area contributed by atoms with Gasteiger partial charge in [0.15, 0.2) is 17.9 Å². The highest BCUT2D eigenvalue weighted by Gasteiger charge is 2.67. The van der Waals surface area contributed by atoms with Crippen molar-refractivity contribution in [2.45, 2.75) is 18.6 Å². The Hall–Kier alpha value is -2.09. The number of nitrogens with zero attached hydrogens (tertiary/aromatic N) is 1. The number of hydrogen-bond acceptors (Lipinski definition) is 5. The van der Waals surface area contributed by atoms with Crippen LogP contribution in [0, 0.1) is 29.6 Å². The number of aromatic amines is 1. The van der Waals surface area contributed by atoms with E-state index in [1.165, 1.54) is 18.5 Å². The van der Waals surface area contributed by atoms with E-state index in [-0.39, 0.29) is 0 Å². The molecule has 1 aromatic rings. The molecule has 1 aromatic heterocycles. The molecule has 4 aliphatic carbocycles. The number of H-pyrrole nitrogens is 1. The fourth-order valence-corrected chi connectivity index (χ4v) is 5.36. The number of hydrogen-bond donors (Lipinski definition) is 2. The lowest BCUT2D eigenvalue weighted by atomic mass is 9.99. The molecular weight excluding hydrogens is 354 g/mol. The van der Waals surface area contributed by atoms with Crippen molar-refractivity contribution in [3.05, 3.63) is 30.1 Å². The molecule has 4 aliphatic rings. The lowest BCUT2D eigenvalue weighted by Crippen LogP contribution is -2.30. The number of aliphatic carboxylic acids is 2. The fourth-order valence-electron chi connectivity index (χ4n) is 4.56. The molecule has 4 N–H and O–H groups in total. The molecule has 26 heavy (non-hydrogen) atoms. The van der Waals surface area contributed by atoms with Crippen LogP contribution in [0.5, 0.6) is 0 Å². The summed E-state index contributed by atoms with van der Waals surface area (Å²) in [6, 6.07) is 6.17. The standard InChI is InChI=1S/C16H21N3S.C2H2O4/c17-15(9-20-8-11-3-1-2-4-18-11)19-7-14-10-5-12-13(6-10)16(12)14;3-1(4)2(5)6/h1-4,10,12-14,16H,5-9H2,(H2,17,19);(H,3,4)(H,5,6). The molecule has 0 radical (unpaired) electrons. The summed E-state index contributed by atoms with van der Waals surface area (Å²) in [4.78, 5) is 25.9. The Morgan fingerprint density at radius 1 is 1.35 bits per heavy atom. The van der Waals surface area contributed by atoms with E-state index < -0.39 is 11.9 Å². The third kappa shape index (κ3) is 4.35. The van der Waals surface area contributed by atoms with Crippen LogP contribution in [0.2, 0.25) is 0 Å². The van der Waals surface area contributed by atoms with Crippen molar-refractivity contribution >= 4 is 29.5 Å². The van der Waals surface area contributed by atoms with Gasteiger partial charge in [0.05, 0.1) is 11.5 Å². The first kappa shape index (κ1) is 18.7. The summed E-state index contributed by atoms with van der Waals surface area (Å²) in [6.45, 7) is 0.992. The minimum atomic E-state index is -2.07. The van der Waals surface area contributed by atoms with Gasteiger partial charge >= 0.3 is 5.97 Å². The van der Waals surface area contributed by atoms with Gasteiger partial charge in [-0.2, -0.15) is 0 Å². The summed E-state index contributed by atoms with van der Waals surface area (Å²) in [6.07, 6.45) is 4.95. The van der Waals surface area contributed by atoms with Gasteiger partial charge in [0.2, 0.25) is 0 Å². The number of amidine groups is 1. The van der Waals surface area contributed by atoms with Crippen LogP contribution in [0.15, 0.2) is 29.4 Å². The Morgan fingerprint density at radius 2 is 2.04 bits per heavy atom. The smallest absolute Gasteiger partial charge is 0.351 e. The first-order chi connectivity index (χ1) is 12.5. The topological polar surface area (TPSA) is 130 Å². The zero-order valence-electron chi connectivity index (χ0n) is 14.3. The molecule has 4 saturated carbocycles. The van der Waals surface area contributed by atoms with Gasteiger partial charge in [-0.25, -0.2) is 9.78 Å². The van der Waals surface area contributed by atoms with Crippen molar-refractivity contribution in [1.82, 2.24) is 0 Å². The van der Waals surface area contributed by atoms with Crippen molar-refractivity contribution in [3.8, 4) is 0 Å². The number of pyridine rings is 1. The monoisotopic (exact) mass is 377 g/mol. The maximum Gasteiger partial charge on any atom is 0.351 e. The van der Waals surface area contributed by atoms with Gasteiger partial charge in [-0.15, -0.1) is 11.8 Å². The maximum atomic E-state index is 9.04. The maximum absolute atomic E-state index is 9.04. The Morgan fingerprint density at radius 3 is 2.54 bits per heavy atom. The third-order valence-corrected chi connectivity index (χ3v) is 6.62. The van der Waals surface area contributed by atoms with E-state index in [0.717, 1.165) is 53.5 Å². The molecule has 7 nitrogen and oxygen atoms in total. The number of carboxylic acid groups (broad SMARTS) is 2. The molecule has 3 unspecified atom stereocenters. The number of aliphatic imine (C=N–C) groups is 1. The predicted molar refractivity (Wildman–Crippen MR) is 95.0 cm³/mol. The van der Waals surface area contributed by atoms with E-state index in [9.17, 15) is 0 Å². The lowest BCUT2D eigenvalue weighted by Gasteiger charge is -2.11. The summed E-state index contributed by atoms with van der Waals surface area (Å²) in [7, 11) is 0. The van der Waals surface area contributed by atoms with Crippen LogP contribution in [0.1, 0.15) is 18.5 Å². The Balaban J connectivity index is 0.000000286. The van der Waals surface area contributed by atoms with Crippen LogP contribution in [0.4, 0.5) is 0 Å². The fraction of sp³-hybridized carbons (Fsp3) is 0.556. The number of thioether (sulfide) groups is 1. The lowest BCUT2D eigenvalue weighted by molar-refractivity contribution is -0.388. The molecule has 0 saturated heterocycles. The number of aromatic nitrogens is 1. The predicted octanol–water partition coefficient (Wildman–Crippen LogP) is -0.186. The second-order valence-electron chi connectivity index (χ2n) is 7.11. The second kappa shape index (κ2) is 8.07. The Kier molecular flexibility index (Phi) is 5.80. The number of carboxylic acids is 2. The SMILES string of the molecule is NC(CSCc1cccc[nH+]1)=NCC1C2CC3C(C2)C13.O=C([O-])C(=O)O. The first-order valence-electron chi connectivity index (χ1n) is 8.73. The number of carbonyl (C=O) groups excluding carboxylic acids is 1. The van der Waals surface area contributed by atoms with E-state index in [4.69, 9.17) is 25.5 Å². The zero-order valence-corrected chi connectivity index (χ0v) is 15.2. The van der Waals surface area contributed by atoms with Gasteiger partial charge in [-0.05, 0) is 42.4 Å². The number of nitrogens with two attached hydrogens (primary N) is 1. The van der Waals surface area contributed by atoms with Gasteiger partial charge in [-0.3, -0.25) is 4.99 Å². The molecule has 140 valence electrons. The van der Waals surface area contributed by atoms with E-state index >= 15 is 0 Å². The number of rotatable bonds is 6. The number of carbonyl (C=O) groups is 2. The quantitative estimate of drug-likeness (QED) is 0.402. The van der Waals surface area contributed by atoms with Gasteiger partial charge < -0.3 is 20.7 Å². The van der Waals surface area contributed by atoms with E-state index in [1.807, 2.05) is 24.0 Å². The molecule has 1 heterocycles. The first-order valence-corrected chi connectivity index (χ1v) is 9.89. The van der Waals surface area contributed by atoms with E-state index in [2.05, 4.69) is 22.1 Å². The molecule has 0 spiro atoms. The second-order valence-corrected chi connectivity index (χ2v) is 8.09. The molecule has 4 bridgehead atoms. The van der Waals surface area contributed by atoms with Crippen molar-refractivity contribution < 1.29 is 24.8 Å².